The van der Waals surface area contributed by atoms with Gasteiger partial charge in [0.2, 0.25) is 0 Å². The summed E-state index contributed by atoms with van der Waals surface area (Å²) in [7, 11) is 3.40. The van der Waals surface area contributed by atoms with Gasteiger partial charge >= 0.3 is 0 Å². The largest absolute Gasteiger partial charge is 0.308 e. The summed E-state index contributed by atoms with van der Waals surface area (Å²) < 4.78 is 3.12. The molecule has 1 heterocycles. The fourth-order valence-electron chi connectivity index (χ4n) is 0.856. The van der Waals surface area contributed by atoms with Crippen molar-refractivity contribution in [3.05, 3.63) is 30.3 Å². The maximum absolute atomic E-state index is 4.40. The monoisotopic (exact) mass is 195 g/mol. The van der Waals surface area contributed by atoms with Crippen molar-refractivity contribution in [2.24, 2.45) is 4.99 Å². The van der Waals surface area contributed by atoms with Gasteiger partial charge in [-0.2, -0.15) is 0 Å². The molecule has 12 heavy (non-hydrogen) atoms. The highest BCUT2D eigenvalue weighted by Crippen LogP contribution is 2.25. The van der Waals surface area contributed by atoms with Crippen LogP contribution in [0.4, 0.5) is 5.69 Å². The molecule has 1 N–H and O–H groups in total. The molecule has 0 aliphatic carbocycles. The molecule has 1 aliphatic heterocycles. The maximum Gasteiger partial charge on any atom is 0.124 e. The SMILES string of the molecule is [c]1ccc(N=C2CSSN2)cc1. The molecule has 4 heteroatoms. The molecule has 2 nitrogen and oxygen atoms in total. The molecular weight excluding hydrogens is 188 g/mol. The van der Waals surface area contributed by atoms with Gasteiger partial charge in [-0.25, -0.2) is 4.99 Å². The number of rotatable bonds is 1. The van der Waals surface area contributed by atoms with Gasteiger partial charge in [0.25, 0.3) is 0 Å². The van der Waals surface area contributed by atoms with Crippen molar-refractivity contribution in [1.29, 1.82) is 0 Å². The van der Waals surface area contributed by atoms with Crippen molar-refractivity contribution in [3.63, 3.8) is 0 Å². The molecule has 0 atom stereocenters. The molecule has 0 amide bonds. The minimum absolute atomic E-state index is 0.962. The number of hydrogen-bond acceptors (Lipinski definition) is 3. The van der Waals surface area contributed by atoms with E-state index in [1.54, 1.807) is 21.8 Å². The van der Waals surface area contributed by atoms with Crippen LogP contribution in [0.2, 0.25) is 0 Å². The molecule has 1 aromatic rings. The van der Waals surface area contributed by atoms with Crippen molar-refractivity contribution in [2.45, 2.75) is 0 Å². The first-order valence-electron chi connectivity index (χ1n) is 3.53. The van der Waals surface area contributed by atoms with Crippen molar-refractivity contribution < 1.29 is 0 Å². The van der Waals surface area contributed by atoms with E-state index in [-0.39, 0.29) is 0 Å². The second-order valence-electron chi connectivity index (χ2n) is 2.26. The highest BCUT2D eigenvalue weighted by atomic mass is 33.1. The highest BCUT2D eigenvalue weighted by Gasteiger charge is 2.07. The van der Waals surface area contributed by atoms with Crippen LogP contribution < -0.4 is 4.72 Å². The van der Waals surface area contributed by atoms with Gasteiger partial charge in [0.1, 0.15) is 5.84 Å². The van der Waals surface area contributed by atoms with E-state index in [0.29, 0.717) is 0 Å². The number of aliphatic imine (C=N–C) groups is 1. The van der Waals surface area contributed by atoms with Gasteiger partial charge in [0, 0.05) is 11.0 Å². The lowest BCUT2D eigenvalue weighted by atomic mass is 10.3. The van der Waals surface area contributed by atoms with E-state index in [4.69, 9.17) is 0 Å². The topological polar surface area (TPSA) is 24.4 Å². The molecule has 1 fully saturated rings. The van der Waals surface area contributed by atoms with E-state index in [1.807, 2.05) is 24.3 Å². The van der Waals surface area contributed by atoms with Crippen LogP contribution >= 0.6 is 21.8 Å². The van der Waals surface area contributed by atoms with Crippen LogP contribution in [-0.2, 0) is 0 Å². The predicted octanol–water partition coefficient (Wildman–Crippen LogP) is 2.42. The van der Waals surface area contributed by atoms with E-state index >= 15 is 0 Å². The lowest BCUT2D eigenvalue weighted by molar-refractivity contribution is 1.41. The molecule has 1 saturated heterocycles. The Morgan fingerprint density at radius 3 is 2.92 bits per heavy atom. The Bertz CT molecular complexity index is 276. The van der Waals surface area contributed by atoms with E-state index in [2.05, 4.69) is 15.8 Å². The smallest absolute Gasteiger partial charge is 0.124 e. The summed E-state index contributed by atoms with van der Waals surface area (Å²) in [6.45, 7) is 0. The number of amidine groups is 1. The Labute approximate surface area is 79.4 Å². The summed E-state index contributed by atoms with van der Waals surface area (Å²) in [5, 5.41) is 0. The minimum Gasteiger partial charge on any atom is -0.308 e. The summed E-state index contributed by atoms with van der Waals surface area (Å²) in [5.74, 6) is 2.00. The van der Waals surface area contributed by atoms with E-state index in [0.717, 1.165) is 17.3 Å². The van der Waals surface area contributed by atoms with Gasteiger partial charge in [-0.3, -0.25) is 0 Å². The minimum atomic E-state index is 0.962. The Morgan fingerprint density at radius 1 is 1.42 bits per heavy atom. The summed E-state index contributed by atoms with van der Waals surface area (Å²) >= 11 is 0. The van der Waals surface area contributed by atoms with Crippen molar-refractivity contribution in [2.75, 3.05) is 5.75 Å². The summed E-state index contributed by atoms with van der Waals surface area (Å²) in [4.78, 5) is 4.40. The molecule has 61 valence electrons. The van der Waals surface area contributed by atoms with E-state index < -0.39 is 0 Å². The number of nitrogens with one attached hydrogen (secondary N) is 1. The number of hydrogen-bond donors (Lipinski definition) is 1. The lowest BCUT2D eigenvalue weighted by Gasteiger charge is -1.94. The van der Waals surface area contributed by atoms with Gasteiger partial charge in [-0.15, -0.1) is 0 Å². The van der Waals surface area contributed by atoms with E-state index in [9.17, 15) is 0 Å². The average molecular weight is 195 g/mol. The standard InChI is InChI=1S/C8H7N2S2/c1-2-4-7(5-3-1)9-8-6-11-12-10-8/h2-5H,6H2,(H,9,10). The lowest BCUT2D eigenvalue weighted by Crippen LogP contribution is -2.09. The second-order valence-corrected chi connectivity index (χ2v) is 4.37. The third-order valence-electron chi connectivity index (χ3n) is 1.38. The van der Waals surface area contributed by atoms with Crippen molar-refractivity contribution in [3.8, 4) is 0 Å². The van der Waals surface area contributed by atoms with Crippen LogP contribution in [-0.4, -0.2) is 11.6 Å². The van der Waals surface area contributed by atoms with Crippen LogP contribution in [0.1, 0.15) is 0 Å². The highest BCUT2D eigenvalue weighted by molar-refractivity contribution is 8.77. The van der Waals surface area contributed by atoms with Crippen LogP contribution in [0.5, 0.6) is 0 Å². The Kier molecular flexibility index (Phi) is 2.58. The van der Waals surface area contributed by atoms with Crippen molar-refractivity contribution in [1.82, 2.24) is 4.72 Å². The third kappa shape index (κ3) is 1.95. The molecule has 0 saturated carbocycles. The fourth-order valence-corrected chi connectivity index (χ4v) is 2.50. The van der Waals surface area contributed by atoms with Gasteiger partial charge in [-0.05, 0) is 18.2 Å². The Morgan fingerprint density at radius 2 is 2.25 bits per heavy atom. The third-order valence-corrected chi connectivity index (χ3v) is 3.16. The second kappa shape index (κ2) is 3.87. The first-order chi connectivity index (χ1) is 5.95. The summed E-state index contributed by atoms with van der Waals surface area (Å²) in [6.07, 6.45) is 0. The molecule has 2 rings (SSSR count). The summed E-state index contributed by atoms with van der Waals surface area (Å²) in [6, 6.07) is 10.6. The number of nitrogens with zero attached hydrogens (tertiary/aromatic N) is 1. The molecular formula is C8H7N2S2. The van der Waals surface area contributed by atoms with Gasteiger partial charge < -0.3 is 4.72 Å². The molecule has 1 radical (unpaired) electrons. The van der Waals surface area contributed by atoms with Crippen LogP contribution in [0.25, 0.3) is 0 Å². The quantitative estimate of drug-likeness (QED) is 0.550. The van der Waals surface area contributed by atoms with Gasteiger partial charge in [0.05, 0.1) is 11.4 Å². The van der Waals surface area contributed by atoms with Crippen molar-refractivity contribution >= 4 is 33.3 Å². The predicted molar refractivity (Wildman–Crippen MR) is 55.6 cm³/mol. The van der Waals surface area contributed by atoms with Gasteiger partial charge in [0.15, 0.2) is 0 Å². The van der Waals surface area contributed by atoms with Crippen LogP contribution in [0, 0.1) is 6.07 Å². The molecule has 1 aliphatic rings. The first-order valence-corrected chi connectivity index (χ1v) is 5.85. The zero-order valence-electron chi connectivity index (χ0n) is 6.28. The molecule has 0 bridgehead atoms. The molecule has 0 aromatic heterocycles. The van der Waals surface area contributed by atoms with E-state index in [1.165, 1.54) is 0 Å². The zero-order valence-corrected chi connectivity index (χ0v) is 7.91. The normalized spacial score (nSPS) is 19.5. The van der Waals surface area contributed by atoms with Gasteiger partial charge in [-0.1, -0.05) is 22.9 Å². The molecule has 0 unspecified atom stereocenters. The van der Waals surface area contributed by atoms with Crippen LogP contribution in [0.15, 0.2) is 29.3 Å². The zero-order chi connectivity index (χ0) is 8.23. The Hall–Kier alpha value is -0.610. The van der Waals surface area contributed by atoms with Crippen LogP contribution in [0.3, 0.4) is 0 Å². The Balaban J connectivity index is 2.16. The first kappa shape index (κ1) is 8.01. The fraction of sp³-hybridized carbons (Fsp3) is 0.125. The molecule has 0 spiro atoms. The average Bonchev–Trinajstić information content (AvgIpc) is 2.59. The number of benzene rings is 1. The summed E-state index contributed by atoms with van der Waals surface area (Å²) in [5.41, 5.74) is 0.986. The molecule has 1 aromatic carbocycles. The maximum atomic E-state index is 4.40.